The van der Waals surface area contributed by atoms with Gasteiger partial charge in [-0.3, -0.25) is 9.52 Å². The van der Waals surface area contributed by atoms with E-state index in [1.165, 1.54) is 30.3 Å². The maximum Gasteiger partial charge on any atom is 0.262 e. The Morgan fingerprint density at radius 3 is 2.42 bits per heavy atom. The Hall–Kier alpha value is -3.10. The van der Waals surface area contributed by atoms with E-state index in [4.69, 9.17) is 16.3 Å². The van der Waals surface area contributed by atoms with E-state index in [0.29, 0.717) is 0 Å². The molecule has 6 nitrogen and oxygen atoms in total. The molecular weight excluding hydrogens is 467 g/mol. The fourth-order valence-electron chi connectivity index (χ4n) is 3.16. The predicted molar refractivity (Wildman–Crippen MR) is 128 cm³/mol. The van der Waals surface area contributed by atoms with Crippen LogP contribution in [0.2, 0.25) is 5.02 Å². The van der Waals surface area contributed by atoms with Crippen molar-refractivity contribution in [3.63, 3.8) is 0 Å². The maximum absolute atomic E-state index is 13.0. The average molecular weight is 491 g/mol. The third-order valence-electron chi connectivity index (χ3n) is 4.86. The summed E-state index contributed by atoms with van der Waals surface area (Å²) in [6.45, 7) is 5.70. The molecule has 0 radical (unpaired) electrons. The summed E-state index contributed by atoms with van der Waals surface area (Å²) in [7, 11) is -3.95. The van der Waals surface area contributed by atoms with Crippen LogP contribution in [0.15, 0.2) is 65.6 Å². The van der Waals surface area contributed by atoms with Crippen molar-refractivity contribution in [1.82, 2.24) is 0 Å². The van der Waals surface area contributed by atoms with Gasteiger partial charge in [-0.15, -0.1) is 0 Å². The lowest BCUT2D eigenvalue weighted by atomic mass is 9.98. The van der Waals surface area contributed by atoms with E-state index in [2.05, 4.69) is 10.0 Å². The number of amides is 1. The molecule has 9 heteroatoms. The number of carbonyl (C=O) groups excluding carboxylic acids is 1. The van der Waals surface area contributed by atoms with E-state index in [9.17, 15) is 17.6 Å². The van der Waals surface area contributed by atoms with Gasteiger partial charge in [0.2, 0.25) is 0 Å². The molecule has 1 amide bonds. The molecular formula is C24H24ClFN2O4S. The summed E-state index contributed by atoms with van der Waals surface area (Å²) < 4.78 is 46.0. The molecule has 0 unspecified atom stereocenters. The number of rotatable bonds is 8. The Morgan fingerprint density at radius 1 is 1.09 bits per heavy atom. The van der Waals surface area contributed by atoms with Crippen LogP contribution in [-0.4, -0.2) is 20.9 Å². The lowest BCUT2D eigenvalue weighted by Crippen LogP contribution is -2.22. The minimum atomic E-state index is -3.95. The molecule has 0 heterocycles. The lowest BCUT2D eigenvalue weighted by Gasteiger charge is -2.17. The Balaban J connectivity index is 1.67. The lowest BCUT2D eigenvalue weighted by molar-refractivity contribution is -0.118. The van der Waals surface area contributed by atoms with E-state index in [-0.39, 0.29) is 39.8 Å². The van der Waals surface area contributed by atoms with Crippen LogP contribution in [0.4, 0.5) is 15.8 Å². The van der Waals surface area contributed by atoms with Crippen LogP contribution in [-0.2, 0) is 14.8 Å². The quantitative estimate of drug-likeness (QED) is 0.422. The largest absolute Gasteiger partial charge is 0.482 e. The number of carbonyl (C=O) groups is 1. The highest BCUT2D eigenvalue weighted by Crippen LogP contribution is 2.29. The second-order valence-corrected chi connectivity index (χ2v) is 9.82. The minimum absolute atomic E-state index is 0.0311. The SMILES string of the molecule is Cc1cccc(C(C)C)c1NC(=O)COc1ccc(S(=O)(=O)Nc2ccc(F)cc2)cc1Cl. The number of para-hydroxylation sites is 1. The summed E-state index contributed by atoms with van der Waals surface area (Å²) in [5.41, 5.74) is 2.92. The van der Waals surface area contributed by atoms with Gasteiger partial charge in [-0.2, -0.15) is 0 Å². The first-order valence-electron chi connectivity index (χ1n) is 10.2. The van der Waals surface area contributed by atoms with Gasteiger partial charge >= 0.3 is 0 Å². The molecule has 3 aromatic rings. The zero-order valence-corrected chi connectivity index (χ0v) is 19.9. The van der Waals surface area contributed by atoms with E-state index in [1.807, 2.05) is 39.0 Å². The van der Waals surface area contributed by atoms with Crippen molar-refractivity contribution >= 4 is 38.9 Å². The maximum atomic E-state index is 13.0. The standard InChI is InChI=1S/C24H24ClFN2O4S/c1-15(2)20-6-4-5-16(3)24(20)27-23(29)14-32-22-12-11-19(13-21(22)25)33(30,31)28-18-9-7-17(26)8-10-18/h4-13,15,28H,14H2,1-3H3,(H,27,29). The average Bonchev–Trinajstić information content (AvgIpc) is 2.75. The summed E-state index contributed by atoms with van der Waals surface area (Å²) in [5, 5.41) is 2.91. The molecule has 2 N–H and O–H groups in total. The smallest absolute Gasteiger partial charge is 0.262 e. The molecule has 0 aromatic heterocycles. The first kappa shape index (κ1) is 24.5. The molecule has 0 bridgehead atoms. The van der Waals surface area contributed by atoms with E-state index in [0.717, 1.165) is 28.9 Å². The first-order valence-corrected chi connectivity index (χ1v) is 12.0. The van der Waals surface area contributed by atoms with Crippen molar-refractivity contribution in [2.75, 3.05) is 16.6 Å². The highest BCUT2D eigenvalue weighted by molar-refractivity contribution is 7.92. The Bertz CT molecular complexity index is 1260. The fraction of sp³-hybridized carbons (Fsp3) is 0.208. The Kier molecular flexibility index (Phi) is 7.61. The Morgan fingerprint density at radius 2 is 1.79 bits per heavy atom. The van der Waals surface area contributed by atoms with Gasteiger partial charge in [-0.1, -0.05) is 43.6 Å². The van der Waals surface area contributed by atoms with Gasteiger partial charge in [0.05, 0.1) is 9.92 Å². The molecule has 0 saturated heterocycles. The highest BCUT2D eigenvalue weighted by atomic mass is 35.5. The van der Waals surface area contributed by atoms with Crippen molar-refractivity contribution in [1.29, 1.82) is 0 Å². The summed E-state index contributed by atoms with van der Waals surface area (Å²) >= 11 is 6.20. The van der Waals surface area contributed by atoms with Gasteiger partial charge < -0.3 is 10.1 Å². The first-order chi connectivity index (χ1) is 15.6. The van der Waals surface area contributed by atoms with Crippen LogP contribution in [0.25, 0.3) is 0 Å². The number of sulfonamides is 1. The zero-order chi connectivity index (χ0) is 24.2. The number of hydrogen-bond acceptors (Lipinski definition) is 4. The predicted octanol–water partition coefficient (Wildman–Crippen LogP) is 5.73. The molecule has 0 aliphatic rings. The number of ether oxygens (including phenoxy) is 1. The molecule has 174 valence electrons. The van der Waals surface area contributed by atoms with Gasteiger partial charge in [-0.25, -0.2) is 12.8 Å². The van der Waals surface area contributed by atoms with Crippen LogP contribution < -0.4 is 14.8 Å². The minimum Gasteiger partial charge on any atom is -0.482 e. The third kappa shape index (κ3) is 6.24. The molecule has 0 saturated carbocycles. The Labute approximate surface area is 197 Å². The summed E-state index contributed by atoms with van der Waals surface area (Å²) in [5.74, 6) is -0.443. The van der Waals surface area contributed by atoms with Crippen LogP contribution in [0.1, 0.15) is 30.9 Å². The number of benzene rings is 3. The van der Waals surface area contributed by atoms with Gasteiger partial charge in [-0.05, 0) is 66.4 Å². The summed E-state index contributed by atoms with van der Waals surface area (Å²) in [6, 6.07) is 14.6. The second-order valence-electron chi connectivity index (χ2n) is 7.74. The zero-order valence-electron chi connectivity index (χ0n) is 18.4. The van der Waals surface area contributed by atoms with Crippen molar-refractivity contribution in [3.05, 3.63) is 82.6 Å². The fourth-order valence-corrected chi connectivity index (χ4v) is 4.54. The van der Waals surface area contributed by atoms with Crippen LogP contribution in [0.3, 0.4) is 0 Å². The molecule has 3 aromatic carbocycles. The number of halogens is 2. The monoisotopic (exact) mass is 490 g/mol. The van der Waals surface area contributed by atoms with Crippen molar-refractivity contribution in [2.24, 2.45) is 0 Å². The normalized spacial score (nSPS) is 11.3. The molecule has 0 aliphatic carbocycles. The van der Waals surface area contributed by atoms with Gasteiger partial charge in [0, 0.05) is 11.4 Å². The van der Waals surface area contributed by atoms with Gasteiger partial charge in [0.25, 0.3) is 15.9 Å². The second kappa shape index (κ2) is 10.2. The molecule has 0 aliphatic heterocycles. The van der Waals surface area contributed by atoms with Crippen molar-refractivity contribution < 1.29 is 22.3 Å². The van der Waals surface area contributed by atoms with Crippen molar-refractivity contribution in [3.8, 4) is 5.75 Å². The van der Waals surface area contributed by atoms with E-state index < -0.39 is 15.8 Å². The van der Waals surface area contributed by atoms with E-state index in [1.54, 1.807) is 0 Å². The van der Waals surface area contributed by atoms with Crippen molar-refractivity contribution in [2.45, 2.75) is 31.6 Å². The van der Waals surface area contributed by atoms with E-state index >= 15 is 0 Å². The molecule has 33 heavy (non-hydrogen) atoms. The van der Waals surface area contributed by atoms with Gasteiger partial charge in [0.15, 0.2) is 6.61 Å². The topological polar surface area (TPSA) is 84.5 Å². The van der Waals surface area contributed by atoms with Gasteiger partial charge in [0.1, 0.15) is 11.6 Å². The molecule has 0 atom stereocenters. The summed E-state index contributed by atoms with van der Waals surface area (Å²) in [4.78, 5) is 12.4. The van der Waals surface area contributed by atoms with Crippen LogP contribution in [0.5, 0.6) is 5.75 Å². The van der Waals surface area contributed by atoms with Crippen LogP contribution >= 0.6 is 11.6 Å². The highest BCUT2D eigenvalue weighted by Gasteiger charge is 2.18. The van der Waals surface area contributed by atoms with Crippen LogP contribution in [0, 0.1) is 12.7 Å². The number of aryl methyl sites for hydroxylation is 1. The summed E-state index contributed by atoms with van der Waals surface area (Å²) in [6.07, 6.45) is 0. The molecule has 3 rings (SSSR count). The number of anilines is 2. The number of hydrogen-bond donors (Lipinski definition) is 2. The molecule has 0 spiro atoms. The molecule has 0 fully saturated rings. The number of nitrogens with one attached hydrogen (secondary N) is 2. The third-order valence-corrected chi connectivity index (χ3v) is 6.53.